The van der Waals surface area contributed by atoms with Gasteiger partial charge in [-0.1, -0.05) is 26.2 Å². The van der Waals surface area contributed by atoms with Crippen molar-refractivity contribution in [2.24, 2.45) is 12.0 Å². The molecule has 1 saturated carbocycles. The highest BCUT2D eigenvalue weighted by Crippen LogP contribution is 2.31. The first kappa shape index (κ1) is 21.7. The Morgan fingerprint density at radius 3 is 2.56 bits per heavy atom. The lowest BCUT2D eigenvalue weighted by Crippen LogP contribution is -2.51. The van der Waals surface area contributed by atoms with Gasteiger partial charge in [0.05, 0.1) is 11.3 Å². The van der Waals surface area contributed by atoms with Crippen LogP contribution < -0.4 is 10.6 Å². The van der Waals surface area contributed by atoms with Crippen LogP contribution in [0.25, 0.3) is 0 Å². The lowest BCUT2D eigenvalue weighted by molar-refractivity contribution is -0.0657. The first-order chi connectivity index (χ1) is 12.9. The molecule has 154 valence electrons. The van der Waals surface area contributed by atoms with E-state index in [1.54, 1.807) is 0 Å². The van der Waals surface area contributed by atoms with Crippen LogP contribution in [0.15, 0.2) is 4.99 Å². The van der Waals surface area contributed by atoms with Gasteiger partial charge in [0.15, 0.2) is 5.96 Å². The minimum Gasteiger partial charge on any atom is -0.373 e. The summed E-state index contributed by atoms with van der Waals surface area (Å²) in [6.07, 6.45) is 8.12. The van der Waals surface area contributed by atoms with E-state index in [0.29, 0.717) is 0 Å². The normalized spacial score (nSPS) is 18.4. The fourth-order valence-electron chi connectivity index (χ4n) is 4.03. The van der Waals surface area contributed by atoms with Crippen LogP contribution in [0.5, 0.6) is 0 Å². The molecule has 1 atom stereocenters. The first-order valence-corrected chi connectivity index (χ1v) is 10.5. The number of hydrogen-bond acceptors (Lipinski definition) is 3. The van der Waals surface area contributed by atoms with Crippen LogP contribution in [0.2, 0.25) is 0 Å². The smallest absolute Gasteiger partial charge is 0.191 e. The highest BCUT2D eigenvalue weighted by Gasteiger charge is 2.33. The van der Waals surface area contributed by atoms with Crippen molar-refractivity contribution in [2.45, 2.75) is 84.3 Å². The van der Waals surface area contributed by atoms with E-state index in [2.05, 4.69) is 48.4 Å². The lowest BCUT2D eigenvalue weighted by atomic mass is 9.84. The molecule has 1 aromatic heterocycles. The number of nitrogens with zero attached hydrogens (tertiary/aromatic N) is 3. The number of aryl methyl sites for hydroxylation is 2. The Labute approximate surface area is 165 Å². The predicted molar refractivity (Wildman–Crippen MR) is 112 cm³/mol. The molecule has 0 spiro atoms. The van der Waals surface area contributed by atoms with Crippen LogP contribution in [0.1, 0.15) is 69.3 Å². The molecule has 0 amide bonds. The highest BCUT2D eigenvalue weighted by molar-refractivity contribution is 5.80. The first-order valence-electron chi connectivity index (χ1n) is 10.5. The summed E-state index contributed by atoms with van der Waals surface area (Å²) < 4.78 is 8.25. The third-order valence-corrected chi connectivity index (χ3v) is 5.73. The zero-order chi connectivity index (χ0) is 19.9. The standard InChI is InChI=1S/C21H39N5O/c1-7-13-27-21(11-9-8-10-12-21)15-23-20(22-5)24-16(2)14-19-17(3)25-26(6)18(19)4/h16H,7-15H2,1-6H3,(H2,22,23,24). The zero-order valence-corrected chi connectivity index (χ0v) is 18.2. The molecule has 2 rings (SSSR count). The van der Waals surface area contributed by atoms with Crippen LogP contribution in [-0.4, -0.2) is 47.6 Å². The van der Waals surface area contributed by atoms with Crippen LogP contribution in [0.3, 0.4) is 0 Å². The summed E-state index contributed by atoms with van der Waals surface area (Å²) in [6, 6.07) is 0.275. The molecule has 0 bridgehead atoms. The monoisotopic (exact) mass is 377 g/mol. The number of aromatic nitrogens is 2. The molecule has 1 aliphatic rings. The number of guanidine groups is 1. The number of nitrogens with one attached hydrogen (secondary N) is 2. The SMILES string of the molecule is CCCOC1(CNC(=NC)NC(C)Cc2c(C)nn(C)c2C)CCCCC1. The average molecular weight is 378 g/mol. The second-order valence-electron chi connectivity index (χ2n) is 8.04. The third-order valence-electron chi connectivity index (χ3n) is 5.73. The van der Waals surface area contributed by atoms with Gasteiger partial charge in [-0.2, -0.15) is 5.10 Å². The van der Waals surface area contributed by atoms with Gasteiger partial charge in [0.25, 0.3) is 0 Å². The molecule has 0 saturated heterocycles. The molecule has 1 aliphatic carbocycles. The molecule has 0 aromatic carbocycles. The van der Waals surface area contributed by atoms with Crippen molar-refractivity contribution in [1.29, 1.82) is 0 Å². The lowest BCUT2D eigenvalue weighted by Gasteiger charge is -2.38. The Morgan fingerprint density at radius 1 is 1.30 bits per heavy atom. The van der Waals surface area contributed by atoms with E-state index in [0.717, 1.165) is 50.5 Å². The fraction of sp³-hybridized carbons (Fsp3) is 0.810. The van der Waals surface area contributed by atoms with Gasteiger partial charge in [-0.15, -0.1) is 0 Å². The van der Waals surface area contributed by atoms with Gasteiger partial charge in [-0.25, -0.2) is 0 Å². The molecule has 27 heavy (non-hydrogen) atoms. The van der Waals surface area contributed by atoms with Crippen LogP contribution in [-0.2, 0) is 18.2 Å². The van der Waals surface area contributed by atoms with Crippen molar-refractivity contribution in [3.63, 3.8) is 0 Å². The van der Waals surface area contributed by atoms with Gasteiger partial charge in [0.2, 0.25) is 0 Å². The van der Waals surface area contributed by atoms with E-state index >= 15 is 0 Å². The fourth-order valence-corrected chi connectivity index (χ4v) is 4.03. The van der Waals surface area contributed by atoms with E-state index in [1.165, 1.54) is 30.5 Å². The summed E-state index contributed by atoms with van der Waals surface area (Å²) in [5.41, 5.74) is 3.63. The maximum Gasteiger partial charge on any atom is 0.191 e. The molecule has 1 unspecified atom stereocenters. The van der Waals surface area contributed by atoms with E-state index in [1.807, 2.05) is 18.8 Å². The van der Waals surface area contributed by atoms with Crippen molar-refractivity contribution in [3.8, 4) is 0 Å². The van der Waals surface area contributed by atoms with E-state index < -0.39 is 0 Å². The minimum atomic E-state index is -0.0361. The van der Waals surface area contributed by atoms with Crippen molar-refractivity contribution < 1.29 is 4.74 Å². The number of ether oxygens (including phenoxy) is 1. The van der Waals surface area contributed by atoms with Gasteiger partial charge in [-0.05, 0) is 52.0 Å². The molecular weight excluding hydrogens is 338 g/mol. The molecular formula is C21H39N5O. The van der Waals surface area contributed by atoms with Crippen molar-refractivity contribution in [1.82, 2.24) is 20.4 Å². The average Bonchev–Trinajstić information content (AvgIpc) is 2.90. The largest absolute Gasteiger partial charge is 0.373 e. The molecule has 6 nitrogen and oxygen atoms in total. The Kier molecular flexibility index (Phi) is 8.14. The molecule has 2 N–H and O–H groups in total. The van der Waals surface area contributed by atoms with Gasteiger partial charge >= 0.3 is 0 Å². The van der Waals surface area contributed by atoms with Gasteiger partial charge in [-0.3, -0.25) is 9.67 Å². The summed E-state index contributed by atoms with van der Waals surface area (Å²) in [4.78, 5) is 4.43. The second kappa shape index (κ2) is 10.1. The maximum absolute atomic E-state index is 6.29. The molecule has 1 heterocycles. The number of aliphatic imine (C=N–C) groups is 1. The topological polar surface area (TPSA) is 63.5 Å². The zero-order valence-electron chi connectivity index (χ0n) is 18.2. The summed E-state index contributed by atoms with van der Waals surface area (Å²) in [6.45, 7) is 10.2. The van der Waals surface area contributed by atoms with Crippen molar-refractivity contribution in [2.75, 3.05) is 20.2 Å². The van der Waals surface area contributed by atoms with E-state index in [4.69, 9.17) is 4.74 Å². The quantitative estimate of drug-likeness (QED) is 0.539. The highest BCUT2D eigenvalue weighted by atomic mass is 16.5. The Balaban J connectivity index is 1.92. The Morgan fingerprint density at radius 2 is 2.00 bits per heavy atom. The molecule has 1 fully saturated rings. The summed E-state index contributed by atoms with van der Waals surface area (Å²) >= 11 is 0. The molecule has 0 radical (unpaired) electrons. The Hall–Kier alpha value is -1.56. The van der Waals surface area contributed by atoms with Crippen LogP contribution in [0.4, 0.5) is 0 Å². The van der Waals surface area contributed by atoms with Crippen molar-refractivity contribution >= 4 is 5.96 Å². The van der Waals surface area contributed by atoms with Gasteiger partial charge in [0.1, 0.15) is 0 Å². The van der Waals surface area contributed by atoms with Crippen LogP contribution >= 0.6 is 0 Å². The summed E-state index contributed by atoms with van der Waals surface area (Å²) in [7, 11) is 3.84. The molecule has 0 aliphatic heterocycles. The predicted octanol–water partition coefficient (Wildman–Crippen LogP) is 3.26. The van der Waals surface area contributed by atoms with Gasteiger partial charge < -0.3 is 15.4 Å². The summed E-state index contributed by atoms with van der Waals surface area (Å²) in [5.74, 6) is 0.853. The van der Waals surface area contributed by atoms with Gasteiger partial charge in [0, 0.05) is 39.0 Å². The number of hydrogen-bond donors (Lipinski definition) is 2. The van der Waals surface area contributed by atoms with E-state index in [9.17, 15) is 0 Å². The van der Waals surface area contributed by atoms with Crippen LogP contribution in [0, 0.1) is 13.8 Å². The van der Waals surface area contributed by atoms with Crippen molar-refractivity contribution in [3.05, 3.63) is 17.0 Å². The van der Waals surface area contributed by atoms with E-state index in [-0.39, 0.29) is 11.6 Å². The minimum absolute atomic E-state index is 0.0361. The summed E-state index contributed by atoms with van der Waals surface area (Å²) in [5, 5.41) is 11.6. The molecule has 6 heteroatoms. The second-order valence-corrected chi connectivity index (χ2v) is 8.04. The molecule has 1 aromatic rings. The number of rotatable bonds is 8. The Bertz CT molecular complexity index is 616. The maximum atomic E-state index is 6.29. The third kappa shape index (κ3) is 5.96.